The van der Waals surface area contributed by atoms with Crippen LogP contribution in [0.15, 0.2) is 27.5 Å². The minimum Gasteiger partial charge on any atom is -0.309 e. The Balaban J connectivity index is 2.15. The molecule has 2 heterocycles. The second kappa shape index (κ2) is 5.44. The molecule has 0 bridgehead atoms. The lowest BCUT2D eigenvalue weighted by atomic mass is 10.0. The lowest BCUT2D eigenvalue weighted by Crippen LogP contribution is -2.17. The molecule has 0 radical (unpaired) electrons. The van der Waals surface area contributed by atoms with E-state index in [9.17, 15) is 4.79 Å². The number of aromatic amines is 2. The molecule has 3 rings (SSSR count). The molecule has 1 unspecified atom stereocenters. The predicted molar refractivity (Wildman–Crippen MR) is 91.3 cm³/mol. The molecule has 0 fully saturated rings. The molecule has 0 aliphatic rings. The molecule has 2 aromatic heterocycles. The number of nitrogens with one attached hydrogen (secondary N) is 3. The quantitative estimate of drug-likeness (QED) is 0.663. The Hall–Kier alpha value is -1.37. The third kappa shape index (κ3) is 2.59. The second-order valence-electron chi connectivity index (χ2n) is 5.11. The number of rotatable bonds is 3. The lowest BCUT2D eigenvalue weighted by Gasteiger charge is -2.17. The molecule has 1 aromatic carbocycles. The first-order valence-corrected chi connectivity index (χ1v) is 8.26. The van der Waals surface area contributed by atoms with E-state index in [1.807, 2.05) is 19.2 Å². The van der Waals surface area contributed by atoms with Gasteiger partial charge in [-0.3, -0.25) is 0 Å². The Morgan fingerprint density at radius 3 is 2.43 bits per heavy atom. The maximum atomic E-state index is 11.4. The number of aromatic nitrogens is 2. The first kappa shape index (κ1) is 14.6. The fourth-order valence-corrected chi connectivity index (χ4v) is 4.23. The van der Waals surface area contributed by atoms with E-state index in [2.05, 4.69) is 51.1 Å². The summed E-state index contributed by atoms with van der Waals surface area (Å²) < 4.78 is 0.980. The van der Waals surface area contributed by atoms with E-state index in [1.165, 1.54) is 15.3 Å². The second-order valence-corrected chi connectivity index (χ2v) is 7.25. The first-order valence-electron chi connectivity index (χ1n) is 6.65. The Kier molecular flexibility index (Phi) is 3.77. The van der Waals surface area contributed by atoms with Crippen LogP contribution in [0.1, 0.15) is 26.9 Å². The zero-order valence-corrected chi connectivity index (χ0v) is 14.4. The van der Waals surface area contributed by atoms with Gasteiger partial charge in [0.2, 0.25) is 0 Å². The molecule has 0 saturated carbocycles. The number of thiophene rings is 1. The number of hydrogen-bond acceptors (Lipinski definition) is 3. The molecule has 21 heavy (non-hydrogen) atoms. The van der Waals surface area contributed by atoms with Crippen molar-refractivity contribution >= 4 is 38.3 Å². The number of aryl methyl sites for hydroxylation is 2. The number of halogens is 1. The van der Waals surface area contributed by atoms with E-state index >= 15 is 0 Å². The lowest BCUT2D eigenvalue weighted by molar-refractivity contribution is 0.701. The van der Waals surface area contributed by atoms with Gasteiger partial charge in [0.1, 0.15) is 0 Å². The van der Waals surface area contributed by atoms with Crippen LogP contribution >= 0.6 is 27.3 Å². The average Bonchev–Trinajstić information content (AvgIpc) is 2.93. The molecular weight excluding hydrogens is 350 g/mol. The minimum absolute atomic E-state index is 0.0968. The van der Waals surface area contributed by atoms with Crippen molar-refractivity contribution in [1.82, 2.24) is 15.3 Å². The van der Waals surface area contributed by atoms with Gasteiger partial charge in [-0.15, -0.1) is 11.3 Å². The molecule has 6 heteroatoms. The van der Waals surface area contributed by atoms with E-state index < -0.39 is 0 Å². The van der Waals surface area contributed by atoms with Crippen molar-refractivity contribution in [2.24, 2.45) is 0 Å². The third-order valence-electron chi connectivity index (χ3n) is 3.70. The molecule has 3 N–H and O–H groups in total. The minimum atomic E-state index is -0.183. The van der Waals surface area contributed by atoms with Crippen molar-refractivity contribution in [2.75, 3.05) is 7.05 Å². The van der Waals surface area contributed by atoms with Crippen LogP contribution in [-0.2, 0) is 0 Å². The van der Waals surface area contributed by atoms with Crippen LogP contribution in [0.5, 0.6) is 0 Å². The van der Waals surface area contributed by atoms with Gasteiger partial charge < -0.3 is 15.3 Å². The zero-order chi connectivity index (χ0) is 15.1. The van der Waals surface area contributed by atoms with Crippen molar-refractivity contribution in [3.63, 3.8) is 0 Å². The molecule has 0 spiro atoms. The Morgan fingerprint density at radius 1 is 1.19 bits per heavy atom. The van der Waals surface area contributed by atoms with Crippen LogP contribution in [0.3, 0.4) is 0 Å². The van der Waals surface area contributed by atoms with E-state index in [0.29, 0.717) is 0 Å². The van der Waals surface area contributed by atoms with Crippen LogP contribution in [-0.4, -0.2) is 17.0 Å². The van der Waals surface area contributed by atoms with Crippen LogP contribution < -0.4 is 11.0 Å². The maximum Gasteiger partial charge on any atom is 0.323 e. The summed E-state index contributed by atoms with van der Waals surface area (Å²) in [5, 5.41) is 3.37. The molecule has 0 aliphatic carbocycles. The van der Waals surface area contributed by atoms with Crippen LogP contribution in [0.2, 0.25) is 0 Å². The molecule has 0 aliphatic heterocycles. The summed E-state index contributed by atoms with van der Waals surface area (Å²) in [6, 6.07) is 6.28. The summed E-state index contributed by atoms with van der Waals surface area (Å²) in [5.41, 5.74) is 3.87. The molecule has 3 aromatic rings. The molecule has 4 nitrogen and oxygen atoms in total. The topological polar surface area (TPSA) is 60.7 Å². The highest BCUT2D eigenvalue weighted by Gasteiger charge is 2.19. The Morgan fingerprint density at radius 2 is 1.86 bits per heavy atom. The van der Waals surface area contributed by atoms with E-state index in [4.69, 9.17) is 0 Å². The summed E-state index contributed by atoms with van der Waals surface area (Å²) >= 11 is 5.42. The normalized spacial score (nSPS) is 13.0. The third-order valence-corrected chi connectivity index (χ3v) is 5.61. The molecular formula is C15H16BrN3OS. The fraction of sp³-hybridized carbons (Fsp3) is 0.267. The van der Waals surface area contributed by atoms with E-state index in [-0.39, 0.29) is 11.7 Å². The summed E-state index contributed by atoms with van der Waals surface area (Å²) in [5.74, 6) is 0. The first-order chi connectivity index (χ1) is 9.99. The number of H-pyrrole nitrogens is 2. The fourth-order valence-electron chi connectivity index (χ4n) is 2.49. The standard InChI is InChI=1S/C15H16BrN3OS/c1-7-4-13(21-8(7)2)14(17-3)9-5-11-12(6-10(9)16)19-15(20)18-11/h4-6,14,17H,1-3H3,(H2,18,19,20). The molecule has 1 atom stereocenters. The summed E-state index contributed by atoms with van der Waals surface area (Å²) in [7, 11) is 1.95. The monoisotopic (exact) mass is 365 g/mol. The van der Waals surface area contributed by atoms with Crippen LogP contribution in [0.25, 0.3) is 11.0 Å². The van der Waals surface area contributed by atoms with Crippen molar-refractivity contribution in [3.05, 3.63) is 54.0 Å². The van der Waals surface area contributed by atoms with Crippen molar-refractivity contribution in [3.8, 4) is 0 Å². The van der Waals surface area contributed by atoms with E-state index in [0.717, 1.165) is 21.1 Å². The van der Waals surface area contributed by atoms with Gasteiger partial charge in [0, 0.05) is 14.2 Å². The molecule has 110 valence electrons. The van der Waals surface area contributed by atoms with Crippen molar-refractivity contribution in [2.45, 2.75) is 19.9 Å². The van der Waals surface area contributed by atoms with Gasteiger partial charge in [-0.25, -0.2) is 4.79 Å². The van der Waals surface area contributed by atoms with Crippen molar-refractivity contribution < 1.29 is 0 Å². The smallest absolute Gasteiger partial charge is 0.309 e. The predicted octanol–water partition coefficient (Wildman–Crippen LogP) is 3.61. The number of fused-ring (bicyclic) bond motifs is 1. The largest absolute Gasteiger partial charge is 0.323 e. The van der Waals surface area contributed by atoms with E-state index in [1.54, 1.807) is 11.3 Å². The highest BCUT2D eigenvalue weighted by atomic mass is 79.9. The number of imidazole rings is 1. The molecule has 0 amide bonds. The van der Waals surface area contributed by atoms with Gasteiger partial charge in [-0.2, -0.15) is 0 Å². The highest BCUT2D eigenvalue weighted by Crippen LogP contribution is 2.35. The number of hydrogen-bond donors (Lipinski definition) is 3. The van der Waals surface area contributed by atoms with Gasteiger partial charge >= 0.3 is 5.69 Å². The average molecular weight is 366 g/mol. The van der Waals surface area contributed by atoms with Crippen LogP contribution in [0.4, 0.5) is 0 Å². The summed E-state index contributed by atoms with van der Waals surface area (Å²) in [6.45, 7) is 4.27. The highest BCUT2D eigenvalue weighted by molar-refractivity contribution is 9.10. The molecule has 0 saturated heterocycles. The Labute approximate surface area is 134 Å². The van der Waals surface area contributed by atoms with Crippen molar-refractivity contribution in [1.29, 1.82) is 0 Å². The van der Waals surface area contributed by atoms with Gasteiger partial charge in [0.05, 0.1) is 17.1 Å². The SMILES string of the molecule is CNC(c1cc(C)c(C)s1)c1cc2[nH]c(=O)[nH]c2cc1Br. The summed E-state index contributed by atoms with van der Waals surface area (Å²) in [6.07, 6.45) is 0. The van der Waals surface area contributed by atoms with Gasteiger partial charge in [0.25, 0.3) is 0 Å². The summed E-state index contributed by atoms with van der Waals surface area (Å²) in [4.78, 5) is 19.6. The van der Waals surface area contributed by atoms with Crippen LogP contribution in [0, 0.1) is 13.8 Å². The van der Waals surface area contributed by atoms with Gasteiger partial charge in [-0.05, 0) is 50.2 Å². The maximum absolute atomic E-state index is 11.4. The number of benzene rings is 1. The zero-order valence-electron chi connectivity index (χ0n) is 12.0. The van der Waals surface area contributed by atoms with Gasteiger partial charge in [-0.1, -0.05) is 15.9 Å². The Bertz CT molecular complexity index is 842. The van der Waals surface area contributed by atoms with Gasteiger partial charge in [0.15, 0.2) is 0 Å².